The molecule has 5 aliphatic carbocycles. The summed E-state index contributed by atoms with van der Waals surface area (Å²) in [5, 5.41) is 0. The molecule has 0 heterocycles. The largest absolute Gasteiger partial charge is 0.466 e. The lowest BCUT2D eigenvalue weighted by Gasteiger charge is -2.48. The molecule has 0 N–H and O–H groups in total. The zero-order chi connectivity index (χ0) is 14.6. The average molecular weight is 276 g/mol. The SMILES string of the molecule is CC(=O)OCC1CCC(C)(C)C23CC4C[C@H]2C13C4(C)C. The van der Waals surface area contributed by atoms with E-state index in [9.17, 15) is 4.79 Å². The Labute approximate surface area is 122 Å². The lowest BCUT2D eigenvalue weighted by atomic mass is 9.57. The van der Waals surface area contributed by atoms with Gasteiger partial charge in [-0.2, -0.15) is 0 Å². The predicted octanol–water partition coefficient (Wildman–Crippen LogP) is 4.04. The normalized spacial score (nSPS) is 52.5. The van der Waals surface area contributed by atoms with Crippen LogP contribution in [-0.2, 0) is 9.53 Å². The number of carbonyl (C=O) groups excluding carboxylic acids is 1. The molecular formula is C18H28O2. The van der Waals surface area contributed by atoms with Gasteiger partial charge in [0, 0.05) is 12.8 Å². The minimum absolute atomic E-state index is 0.111. The summed E-state index contributed by atoms with van der Waals surface area (Å²) in [6, 6.07) is 0. The maximum absolute atomic E-state index is 11.3. The van der Waals surface area contributed by atoms with Crippen LogP contribution in [0.25, 0.3) is 0 Å². The Hall–Kier alpha value is -0.530. The third-order valence-corrected chi connectivity index (χ3v) is 8.43. The number of hydrogen-bond donors (Lipinski definition) is 0. The van der Waals surface area contributed by atoms with Crippen molar-refractivity contribution in [3.63, 3.8) is 0 Å². The molecule has 5 aliphatic rings. The summed E-state index contributed by atoms with van der Waals surface area (Å²) in [6.07, 6.45) is 5.43. The molecule has 0 saturated heterocycles. The smallest absolute Gasteiger partial charge is 0.302 e. The summed E-state index contributed by atoms with van der Waals surface area (Å²) < 4.78 is 5.47. The van der Waals surface area contributed by atoms with E-state index in [-0.39, 0.29) is 5.97 Å². The fourth-order valence-electron chi connectivity index (χ4n) is 7.91. The Balaban J connectivity index is 1.75. The third kappa shape index (κ3) is 1.01. The highest BCUT2D eigenvalue weighted by atomic mass is 16.5. The summed E-state index contributed by atoms with van der Waals surface area (Å²) >= 11 is 0. The molecule has 4 bridgehead atoms. The van der Waals surface area contributed by atoms with E-state index in [0.29, 0.717) is 34.2 Å². The van der Waals surface area contributed by atoms with Crippen LogP contribution in [0.5, 0.6) is 0 Å². The van der Waals surface area contributed by atoms with Gasteiger partial charge in [-0.05, 0) is 59.2 Å². The number of rotatable bonds is 2. The minimum atomic E-state index is -0.111. The van der Waals surface area contributed by atoms with E-state index >= 15 is 0 Å². The van der Waals surface area contributed by atoms with E-state index in [4.69, 9.17) is 4.74 Å². The van der Waals surface area contributed by atoms with Crippen LogP contribution in [-0.4, -0.2) is 12.6 Å². The van der Waals surface area contributed by atoms with Gasteiger partial charge < -0.3 is 4.74 Å². The summed E-state index contributed by atoms with van der Waals surface area (Å²) in [5.41, 5.74) is 1.96. The third-order valence-electron chi connectivity index (χ3n) is 8.43. The summed E-state index contributed by atoms with van der Waals surface area (Å²) in [6.45, 7) is 12.2. The number of hydrogen-bond acceptors (Lipinski definition) is 2. The van der Waals surface area contributed by atoms with Crippen molar-refractivity contribution in [3.8, 4) is 0 Å². The molecule has 0 radical (unpaired) electrons. The van der Waals surface area contributed by atoms with Crippen molar-refractivity contribution in [2.24, 2.45) is 39.4 Å². The molecule has 0 aromatic rings. The monoisotopic (exact) mass is 276 g/mol. The minimum Gasteiger partial charge on any atom is -0.466 e. The average Bonchev–Trinajstić information content (AvgIpc) is 2.60. The van der Waals surface area contributed by atoms with Gasteiger partial charge in [0.05, 0.1) is 6.61 Å². The molecule has 0 aromatic heterocycles. The van der Waals surface area contributed by atoms with E-state index in [1.165, 1.54) is 25.7 Å². The molecule has 0 amide bonds. The van der Waals surface area contributed by atoms with Crippen LogP contribution in [0.3, 0.4) is 0 Å². The predicted molar refractivity (Wildman–Crippen MR) is 78.0 cm³/mol. The second-order valence-electron chi connectivity index (χ2n) is 9.17. The number of carbonyl (C=O) groups is 1. The van der Waals surface area contributed by atoms with E-state index in [0.717, 1.165) is 11.8 Å². The van der Waals surface area contributed by atoms with Crippen molar-refractivity contribution < 1.29 is 9.53 Å². The quantitative estimate of drug-likeness (QED) is 0.712. The topological polar surface area (TPSA) is 26.3 Å². The van der Waals surface area contributed by atoms with Gasteiger partial charge >= 0.3 is 5.97 Å². The molecule has 112 valence electrons. The maximum Gasteiger partial charge on any atom is 0.302 e. The second-order valence-corrected chi connectivity index (χ2v) is 9.17. The Morgan fingerprint density at radius 3 is 2.55 bits per heavy atom. The van der Waals surface area contributed by atoms with Crippen molar-refractivity contribution in [2.45, 2.75) is 60.3 Å². The maximum atomic E-state index is 11.3. The molecular weight excluding hydrogens is 248 g/mol. The van der Waals surface area contributed by atoms with Gasteiger partial charge in [-0.1, -0.05) is 27.7 Å². The number of ether oxygens (including phenoxy) is 1. The molecule has 20 heavy (non-hydrogen) atoms. The van der Waals surface area contributed by atoms with Crippen LogP contribution in [0.15, 0.2) is 0 Å². The van der Waals surface area contributed by atoms with E-state index < -0.39 is 0 Å². The first kappa shape index (κ1) is 13.2. The van der Waals surface area contributed by atoms with Crippen LogP contribution in [0.2, 0.25) is 0 Å². The standard InChI is InChI=1S/C18H28O2/c1-11(19)20-10-12-6-7-15(2,3)17-9-13-8-14(17)18(12,17)16(13,4)5/h12-14H,6-10H2,1-5H3/t12?,13?,14-,17?,18?/m1/s1. The molecule has 2 spiro atoms. The highest BCUT2D eigenvalue weighted by Gasteiger charge is 2.95. The number of esters is 1. The Kier molecular flexibility index (Phi) is 2.16. The van der Waals surface area contributed by atoms with Crippen LogP contribution >= 0.6 is 0 Å². The first-order valence-corrected chi connectivity index (χ1v) is 8.35. The summed E-state index contributed by atoms with van der Waals surface area (Å²) in [5.74, 6) is 2.31. The highest BCUT2D eigenvalue weighted by Crippen LogP contribution is 3.00. The Morgan fingerprint density at radius 2 is 1.95 bits per heavy atom. The van der Waals surface area contributed by atoms with Crippen LogP contribution < -0.4 is 0 Å². The lowest BCUT2D eigenvalue weighted by molar-refractivity contribution is -0.145. The molecule has 0 aliphatic heterocycles. The van der Waals surface area contributed by atoms with E-state index in [1.807, 2.05) is 0 Å². The molecule has 4 unspecified atom stereocenters. The summed E-state index contributed by atoms with van der Waals surface area (Å²) in [7, 11) is 0. The van der Waals surface area contributed by atoms with Crippen molar-refractivity contribution in [2.75, 3.05) is 6.61 Å². The van der Waals surface area contributed by atoms with Crippen molar-refractivity contribution >= 4 is 5.97 Å². The molecule has 5 fully saturated rings. The van der Waals surface area contributed by atoms with Crippen LogP contribution in [0, 0.1) is 39.4 Å². The first-order valence-electron chi connectivity index (χ1n) is 8.35. The van der Waals surface area contributed by atoms with Gasteiger partial charge in [0.25, 0.3) is 0 Å². The zero-order valence-electron chi connectivity index (χ0n) is 13.6. The van der Waals surface area contributed by atoms with Crippen molar-refractivity contribution in [1.82, 2.24) is 0 Å². The second kappa shape index (κ2) is 3.28. The summed E-state index contributed by atoms with van der Waals surface area (Å²) in [4.78, 5) is 11.3. The van der Waals surface area contributed by atoms with Gasteiger partial charge in [0.1, 0.15) is 0 Å². The first-order chi connectivity index (χ1) is 9.22. The molecule has 2 heteroatoms. The van der Waals surface area contributed by atoms with Gasteiger partial charge in [-0.3, -0.25) is 4.79 Å². The van der Waals surface area contributed by atoms with E-state index in [1.54, 1.807) is 6.92 Å². The molecule has 2 nitrogen and oxygen atoms in total. The fourth-order valence-corrected chi connectivity index (χ4v) is 7.91. The lowest BCUT2D eigenvalue weighted by Crippen LogP contribution is -2.43. The Morgan fingerprint density at radius 1 is 1.25 bits per heavy atom. The highest BCUT2D eigenvalue weighted by molar-refractivity contribution is 5.66. The zero-order valence-corrected chi connectivity index (χ0v) is 13.6. The van der Waals surface area contributed by atoms with Crippen LogP contribution in [0.1, 0.15) is 60.3 Å². The van der Waals surface area contributed by atoms with Gasteiger partial charge in [0.15, 0.2) is 0 Å². The van der Waals surface area contributed by atoms with E-state index in [2.05, 4.69) is 27.7 Å². The van der Waals surface area contributed by atoms with Crippen molar-refractivity contribution in [1.29, 1.82) is 0 Å². The van der Waals surface area contributed by atoms with Crippen molar-refractivity contribution in [3.05, 3.63) is 0 Å². The van der Waals surface area contributed by atoms with Gasteiger partial charge in [-0.15, -0.1) is 0 Å². The Bertz CT molecular complexity index is 492. The molecule has 5 atom stereocenters. The fraction of sp³-hybridized carbons (Fsp3) is 0.944. The molecule has 5 rings (SSSR count). The molecule has 5 saturated carbocycles. The van der Waals surface area contributed by atoms with Gasteiger partial charge in [0.2, 0.25) is 0 Å². The van der Waals surface area contributed by atoms with Crippen LogP contribution in [0.4, 0.5) is 0 Å². The molecule has 0 aromatic carbocycles. The van der Waals surface area contributed by atoms with Gasteiger partial charge in [-0.25, -0.2) is 0 Å².